The van der Waals surface area contributed by atoms with E-state index >= 15 is 0 Å². The molecule has 2 heterocycles. The molecule has 0 amide bonds. The van der Waals surface area contributed by atoms with Crippen molar-refractivity contribution in [1.29, 1.82) is 0 Å². The van der Waals surface area contributed by atoms with Gasteiger partial charge in [0.2, 0.25) is 5.95 Å². The van der Waals surface area contributed by atoms with Crippen molar-refractivity contribution in [3.63, 3.8) is 0 Å². The van der Waals surface area contributed by atoms with Gasteiger partial charge in [-0.15, -0.1) is 0 Å². The first kappa shape index (κ1) is 11.6. The average Bonchev–Trinajstić information content (AvgIpc) is 2.34. The van der Waals surface area contributed by atoms with Gasteiger partial charge < -0.3 is 11.1 Å². The van der Waals surface area contributed by atoms with E-state index < -0.39 is 0 Å². The second-order valence-electron chi connectivity index (χ2n) is 3.94. The Balaban J connectivity index is 2.20. The van der Waals surface area contributed by atoms with Crippen LogP contribution in [-0.2, 0) is 0 Å². The summed E-state index contributed by atoms with van der Waals surface area (Å²) in [7, 11) is 0. The van der Waals surface area contributed by atoms with E-state index in [1.807, 2.05) is 12.1 Å². The average molecular weight is 231 g/mol. The highest BCUT2D eigenvalue weighted by molar-refractivity contribution is 5.85. The zero-order chi connectivity index (χ0) is 12.1. The van der Waals surface area contributed by atoms with Crippen molar-refractivity contribution in [3.8, 4) is 0 Å². The van der Waals surface area contributed by atoms with Crippen LogP contribution in [0.4, 0.5) is 11.8 Å². The van der Waals surface area contributed by atoms with Crippen molar-refractivity contribution in [2.24, 2.45) is 0 Å². The Hall–Kier alpha value is -1.91. The Morgan fingerprint density at radius 1 is 1.29 bits per heavy atom. The molecule has 5 nitrogen and oxygen atoms in total. The number of fused-ring (bicyclic) bond motifs is 1. The third-order valence-corrected chi connectivity index (χ3v) is 2.54. The molecule has 0 atom stereocenters. The molecule has 0 saturated heterocycles. The molecule has 2 rings (SSSR count). The number of rotatable bonds is 5. The molecule has 3 N–H and O–H groups in total. The number of aromatic nitrogens is 3. The number of nitrogen functional groups attached to an aromatic ring is 1. The maximum atomic E-state index is 5.67. The monoisotopic (exact) mass is 231 g/mol. The van der Waals surface area contributed by atoms with E-state index in [1.165, 1.54) is 12.8 Å². The summed E-state index contributed by atoms with van der Waals surface area (Å²) in [4.78, 5) is 12.6. The Kier molecular flexibility index (Phi) is 3.69. The lowest BCUT2D eigenvalue weighted by molar-refractivity contribution is 0.742. The fraction of sp³-hybridized carbons (Fsp3) is 0.417. The van der Waals surface area contributed by atoms with Crippen molar-refractivity contribution >= 4 is 22.8 Å². The second kappa shape index (κ2) is 5.43. The topological polar surface area (TPSA) is 76.7 Å². The number of nitrogens with two attached hydrogens (primary N) is 1. The third-order valence-electron chi connectivity index (χ3n) is 2.54. The molecule has 0 radical (unpaired) electrons. The molecule has 2 aromatic rings. The summed E-state index contributed by atoms with van der Waals surface area (Å²) < 4.78 is 0. The largest absolute Gasteiger partial charge is 0.368 e. The number of nitrogens with zero attached hydrogens (tertiary/aromatic N) is 3. The van der Waals surface area contributed by atoms with Gasteiger partial charge in [-0.25, -0.2) is 4.98 Å². The predicted octanol–water partition coefficient (Wildman–Crippen LogP) is 2.21. The van der Waals surface area contributed by atoms with E-state index in [4.69, 9.17) is 5.73 Å². The molecule has 0 aromatic carbocycles. The Bertz CT molecular complexity index is 497. The smallest absolute Gasteiger partial charge is 0.222 e. The SMILES string of the molecule is CCCCCNc1nc(N)nc2cccnc12. The molecule has 90 valence electrons. The van der Waals surface area contributed by atoms with E-state index in [2.05, 4.69) is 27.2 Å². The second-order valence-corrected chi connectivity index (χ2v) is 3.94. The lowest BCUT2D eigenvalue weighted by Gasteiger charge is -2.07. The Morgan fingerprint density at radius 2 is 2.18 bits per heavy atom. The van der Waals surface area contributed by atoms with Gasteiger partial charge in [-0.05, 0) is 18.6 Å². The minimum Gasteiger partial charge on any atom is -0.368 e. The van der Waals surface area contributed by atoms with Gasteiger partial charge in [0.15, 0.2) is 5.82 Å². The summed E-state index contributed by atoms with van der Waals surface area (Å²) in [5, 5.41) is 3.27. The summed E-state index contributed by atoms with van der Waals surface area (Å²) in [6.45, 7) is 3.07. The molecule has 5 heteroatoms. The van der Waals surface area contributed by atoms with Crippen LogP contribution in [0.2, 0.25) is 0 Å². The van der Waals surface area contributed by atoms with Crippen LogP contribution >= 0.6 is 0 Å². The van der Waals surface area contributed by atoms with E-state index in [-0.39, 0.29) is 5.95 Å². The van der Waals surface area contributed by atoms with E-state index in [9.17, 15) is 0 Å². The number of nitrogens with one attached hydrogen (secondary N) is 1. The first-order valence-corrected chi connectivity index (χ1v) is 5.93. The van der Waals surface area contributed by atoms with Crippen LogP contribution < -0.4 is 11.1 Å². The summed E-state index contributed by atoms with van der Waals surface area (Å²) >= 11 is 0. The lowest BCUT2D eigenvalue weighted by Crippen LogP contribution is -2.07. The highest BCUT2D eigenvalue weighted by Crippen LogP contribution is 2.18. The maximum Gasteiger partial charge on any atom is 0.222 e. The Labute approximate surface area is 100 Å². The third kappa shape index (κ3) is 2.81. The van der Waals surface area contributed by atoms with E-state index in [1.54, 1.807) is 6.20 Å². The van der Waals surface area contributed by atoms with Gasteiger partial charge in [0.25, 0.3) is 0 Å². The summed E-state index contributed by atoms with van der Waals surface area (Å²) in [6, 6.07) is 3.73. The minimum absolute atomic E-state index is 0.281. The highest BCUT2D eigenvalue weighted by Gasteiger charge is 2.05. The Morgan fingerprint density at radius 3 is 3.00 bits per heavy atom. The summed E-state index contributed by atoms with van der Waals surface area (Å²) in [5.74, 6) is 1.01. The van der Waals surface area contributed by atoms with E-state index in [0.29, 0.717) is 0 Å². The molecule has 0 fully saturated rings. The van der Waals surface area contributed by atoms with Gasteiger partial charge in [0.05, 0.1) is 5.52 Å². The number of hydrogen-bond acceptors (Lipinski definition) is 5. The lowest BCUT2D eigenvalue weighted by atomic mass is 10.2. The standard InChI is InChI=1S/C12H17N5/c1-2-3-4-7-15-11-10-9(6-5-8-14-10)16-12(13)17-11/h5-6,8H,2-4,7H2,1H3,(H3,13,15,16,17). The van der Waals surface area contributed by atoms with Gasteiger partial charge in [-0.2, -0.15) is 4.98 Å². The molecule has 0 aliphatic rings. The van der Waals surface area contributed by atoms with Gasteiger partial charge in [0, 0.05) is 12.7 Å². The quantitative estimate of drug-likeness (QED) is 0.771. The molecule has 0 aliphatic carbocycles. The van der Waals surface area contributed by atoms with Crippen LogP contribution in [0.5, 0.6) is 0 Å². The van der Waals surface area contributed by atoms with Gasteiger partial charge in [0.1, 0.15) is 5.52 Å². The number of pyridine rings is 1. The molecule has 0 unspecified atom stereocenters. The van der Waals surface area contributed by atoms with Crippen LogP contribution in [0.15, 0.2) is 18.3 Å². The molecule has 2 aromatic heterocycles. The van der Waals surface area contributed by atoms with Crippen LogP contribution in [0, 0.1) is 0 Å². The van der Waals surface area contributed by atoms with Crippen molar-refractivity contribution < 1.29 is 0 Å². The number of unbranched alkanes of at least 4 members (excludes halogenated alkanes) is 2. The molecule has 0 aliphatic heterocycles. The number of hydrogen-bond donors (Lipinski definition) is 2. The molecule has 0 saturated carbocycles. The number of anilines is 2. The minimum atomic E-state index is 0.281. The fourth-order valence-electron chi connectivity index (χ4n) is 1.69. The molecule has 0 bridgehead atoms. The van der Waals surface area contributed by atoms with Crippen molar-refractivity contribution in [2.75, 3.05) is 17.6 Å². The van der Waals surface area contributed by atoms with Crippen molar-refractivity contribution in [1.82, 2.24) is 15.0 Å². The molecule has 17 heavy (non-hydrogen) atoms. The normalized spacial score (nSPS) is 10.6. The maximum absolute atomic E-state index is 5.67. The van der Waals surface area contributed by atoms with Gasteiger partial charge >= 0.3 is 0 Å². The van der Waals surface area contributed by atoms with Crippen LogP contribution in [0.1, 0.15) is 26.2 Å². The van der Waals surface area contributed by atoms with Crippen molar-refractivity contribution in [3.05, 3.63) is 18.3 Å². The molecular weight excluding hydrogens is 214 g/mol. The molecule has 0 spiro atoms. The van der Waals surface area contributed by atoms with Crippen molar-refractivity contribution in [2.45, 2.75) is 26.2 Å². The predicted molar refractivity (Wildman–Crippen MR) is 69.8 cm³/mol. The zero-order valence-electron chi connectivity index (χ0n) is 9.98. The van der Waals surface area contributed by atoms with Crippen LogP contribution in [0.25, 0.3) is 11.0 Å². The first-order valence-electron chi connectivity index (χ1n) is 5.93. The van der Waals surface area contributed by atoms with Gasteiger partial charge in [-0.3, -0.25) is 4.98 Å². The van der Waals surface area contributed by atoms with Gasteiger partial charge in [-0.1, -0.05) is 19.8 Å². The van der Waals surface area contributed by atoms with Crippen LogP contribution in [0.3, 0.4) is 0 Å². The van der Waals surface area contributed by atoms with Crippen LogP contribution in [-0.4, -0.2) is 21.5 Å². The van der Waals surface area contributed by atoms with E-state index in [0.717, 1.165) is 29.8 Å². The first-order chi connectivity index (χ1) is 8.31. The zero-order valence-corrected chi connectivity index (χ0v) is 9.98. The summed E-state index contributed by atoms with van der Waals surface area (Å²) in [6.07, 6.45) is 5.26. The summed E-state index contributed by atoms with van der Waals surface area (Å²) in [5.41, 5.74) is 7.22. The highest BCUT2D eigenvalue weighted by atomic mass is 15.1. The molecular formula is C12H17N5. The fourth-order valence-corrected chi connectivity index (χ4v) is 1.69.